The van der Waals surface area contributed by atoms with Crippen molar-refractivity contribution in [1.82, 2.24) is 14.9 Å². The molecule has 0 spiro atoms. The third-order valence-corrected chi connectivity index (χ3v) is 5.03. The van der Waals surface area contributed by atoms with Crippen LogP contribution in [-0.4, -0.2) is 41.6 Å². The van der Waals surface area contributed by atoms with Gasteiger partial charge in [0.1, 0.15) is 11.3 Å². The molecular weight excluding hydrogens is 365 g/mol. The van der Waals surface area contributed by atoms with E-state index in [1.165, 1.54) is 12.8 Å². The number of morpholine rings is 1. The predicted molar refractivity (Wildman–Crippen MR) is 77.9 cm³/mol. The normalized spacial score (nSPS) is 25.4. The van der Waals surface area contributed by atoms with Gasteiger partial charge in [-0.2, -0.15) is 0 Å². The summed E-state index contributed by atoms with van der Waals surface area (Å²) in [5.74, 6) is 1.33. The largest absolute Gasteiger partial charge is 0.368 e. The van der Waals surface area contributed by atoms with Crippen LogP contribution in [0.4, 0.5) is 0 Å². The van der Waals surface area contributed by atoms with Gasteiger partial charge in [0.2, 0.25) is 0 Å². The first-order chi connectivity index (χ1) is 8.65. The van der Waals surface area contributed by atoms with E-state index in [0.717, 1.165) is 34.8 Å². The van der Waals surface area contributed by atoms with E-state index in [2.05, 4.69) is 39.5 Å². The van der Waals surface area contributed by atoms with E-state index < -0.39 is 0 Å². The summed E-state index contributed by atoms with van der Waals surface area (Å²) in [6.45, 7) is 2.53. The first-order valence-electron chi connectivity index (χ1n) is 6.18. The second-order valence-corrected chi connectivity index (χ2v) is 6.40. The van der Waals surface area contributed by atoms with Gasteiger partial charge >= 0.3 is 0 Å². The second-order valence-electron chi connectivity index (χ2n) is 4.97. The Balaban J connectivity index is 1.91. The van der Waals surface area contributed by atoms with Crippen molar-refractivity contribution < 1.29 is 4.74 Å². The van der Waals surface area contributed by atoms with Crippen LogP contribution in [0.15, 0.2) is 0 Å². The molecule has 1 aliphatic carbocycles. The van der Waals surface area contributed by atoms with Crippen LogP contribution < -0.4 is 0 Å². The summed E-state index contributed by atoms with van der Waals surface area (Å²) in [5, 5.41) is 0.569. The Bertz CT molecular complexity index is 467. The minimum absolute atomic E-state index is 0.0456. The van der Waals surface area contributed by atoms with Crippen molar-refractivity contribution in [3.05, 3.63) is 20.2 Å². The molecule has 1 saturated carbocycles. The standard InChI is InChI=1S/C12H15ClIN3O/c1-17-4-5-18-8(6-17)12-15-10(7-2-3-7)9(14)11(13)16-12/h7-8H,2-6H2,1H3. The van der Waals surface area contributed by atoms with E-state index in [-0.39, 0.29) is 6.10 Å². The fraction of sp³-hybridized carbons (Fsp3) is 0.667. The second kappa shape index (κ2) is 5.19. The van der Waals surface area contributed by atoms with E-state index in [0.29, 0.717) is 11.1 Å². The fourth-order valence-corrected chi connectivity index (χ4v) is 3.02. The molecule has 0 radical (unpaired) electrons. The molecule has 4 nitrogen and oxygen atoms in total. The molecule has 6 heteroatoms. The zero-order chi connectivity index (χ0) is 12.7. The summed E-state index contributed by atoms with van der Waals surface area (Å²) in [6.07, 6.45) is 2.39. The molecule has 18 heavy (non-hydrogen) atoms. The zero-order valence-corrected chi connectivity index (χ0v) is 13.1. The third-order valence-electron chi connectivity index (χ3n) is 3.38. The summed E-state index contributed by atoms with van der Waals surface area (Å²) in [7, 11) is 2.09. The first kappa shape index (κ1) is 13.0. The van der Waals surface area contributed by atoms with Crippen molar-refractivity contribution in [3.8, 4) is 0 Å². The van der Waals surface area contributed by atoms with Gasteiger partial charge in [-0.05, 0) is 42.5 Å². The van der Waals surface area contributed by atoms with Gasteiger partial charge in [0, 0.05) is 19.0 Å². The maximum absolute atomic E-state index is 6.22. The molecule has 1 aromatic heterocycles. The molecule has 0 amide bonds. The van der Waals surface area contributed by atoms with Crippen LogP contribution in [-0.2, 0) is 4.74 Å². The van der Waals surface area contributed by atoms with E-state index in [1.807, 2.05) is 0 Å². The Morgan fingerprint density at radius 2 is 2.17 bits per heavy atom. The highest BCUT2D eigenvalue weighted by Gasteiger charge is 2.31. The van der Waals surface area contributed by atoms with Gasteiger partial charge in [0.05, 0.1) is 15.9 Å². The average molecular weight is 380 g/mol. The molecule has 2 heterocycles. The van der Waals surface area contributed by atoms with Crippen molar-refractivity contribution in [2.24, 2.45) is 0 Å². The molecule has 1 saturated heterocycles. The highest BCUT2D eigenvalue weighted by atomic mass is 127. The molecular formula is C12H15ClIN3O. The number of hydrogen-bond acceptors (Lipinski definition) is 4. The summed E-state index contributed by atoms with van der Waals surface area (Å²) in [6, 6.07) is 0. The maximum atomic E-state index is 6.22. The topological polar surface area (TPSA) is 38.2 Å². The van der Waals surface area contributed by atoms with Crippen molar-refractivity contribution in [1.29, 1.82) is 0 Å². The number of aromatic nitrogens is 2. The number of hydrogen-bond donors (Lipinski definition) is 0. The summed E-state index contributed by atoms with van der Waals surface area (Å²) in [5.41, 5.74) is 1.11. The maximum Gasteiger partial charge on any atom is 0.160 e. The number of rotatable bonds is 2. The van der Waals surface area contributed by atoms with Crippen molar-refractivity contribution in [2.75, 3.05) is 26.7 Å². The molecule has 1 aromatic rings. The van der Waals surface area contributed by atoms with Crippen LogP contribution in [0.2, 0.25) is 5.15 Å². The Labute approximate surface area is 125 Å². The van der Waals surface area contributed by atoms with Gasteiger partial charge in [0.15, 0.2) is 5.82 Å². The Morgan fingerprint density at radius 1 is 1.39 bits per heavy atom. The molecule has 0 aromatic carbocycles. The number of halogens is 2. The summed E-state index contributed by atoms with van der Waals surface area (Å²) in [4.78, 5) is 11.3. The van der Waals surface area contributed by atoms with E-state index in [1.54, 1.807) is 0 Å². The van der Waals surface area contributed by atoms with Crippen LogP contribution in [0.25, 0.3) is 0 Å². The van der Waals surface area contributed by atoms with E-state index >= 15 is 0 Å². The molecule has 2 aliphatic rings. The van der Waals surface area contributed by atoms with Gasteiger partial charge in [-0.3, -0.25) is 0 Å². The van der Waals surface area contributed by atoms with Crippen LogP contribution in [0.5, 0.6) is 0 Å². The highest BCUT2D eigenvalue weighted by molar-refractivity contribution is 14.1. The van der Waals surface area contributed by atoms with Crippen LogP contribution in [0.3, 0.4) is 0 Å². The summed E-state index contributed by atoms with van der Waals surface area (Å²) >= 11 is 8.46. The molecule has 0 bridgehead atoms. The van der Waals surface area contributed by atoms with Gasteiger partial charge in [-0.1, -0.05) is 11.6 Å². The van der Waals surface area contributed by atoms with E-state index in [9.17, 15) is 0 Å². The van der Waals surface area contributed by atoms with Gasteiger partial charge in [0.25, 0.3) is 0 Å². The molecule has 98 valence electrons. The Kier molecular flexibility index (Phi) is 3.75. The SMILES string of the molecule is CN1CCOC(c2nc(Cl)c(I)c(C3CC3)n2)C1. The lowest BCUT2D eigenvalue weighted by atomic mass is 10.2. The highest BCUT2D eigenvalue weighted by Crippen LogP contribution is 2.42. The quantitative estimate of drug-likeness (QED) is 0.585. The fourth-order valence-electron chi connectivity index (χ4n) is 2.16. The number of nitrogens with zero attached hydrogens (tertiary/aromatic N) is 3. The lowest BCUT2D eigenvalue weighted by Gasteiger charge is -2.29. The van der Waals surface area contributed by atoms with Crippen molar-refractivity contribution in [3.63, 3.8) is 0 Å². The molecule has 1 aliphatic heterocycles. The molecule has 2 fully saturated rings. The van der Waals surface area contributed by atoms with Crippen LogP contribution >= 0.6 is 34.2 Å². The van der Waals surface area contributed by atoms with Gasteiger partial charge < -0.3 is 9.64 Å². The molecule has 1 unspecified atom stereocenters. The molecule has 1 atom stereocenters. The van der Waals surface area contributed by atoms with Gasteiger partial charge in [-0.15, -0.1) is 0 Å². The van der Waals surface area contributed by atoms with Crippen molar-refractivity contribution in [2.45, 2.75) is 24.9 Å². The van der Waals surface area contributed by atoms with Crippen molar-refractivity contribution >= 4 is 34.2 Å². The average Bonchev–Trinajstić information content (AvgIpc) is 3.16. The minimum atomic E-state index is -0.0456. The predicted octanol–water partition coefficient (Wildman–Crippen LogP) is 2.62. The number of ether oxygens (including phenoxy) is 1. The van der Waals surface area contributed by atoms with Gasteiger partial charge in [-0.25, -0.2) is 9.97 Å². The number of likely N-dealkylation sites (N-methyl/N-ethyl adjacent to an activating group) is 1. The summed E-state index contributed by atoms with van der Waals surface area (Å²) < 4.78 is 6.76. The van der Waals surface area contributed by atoms with Crippen LogP contribution in [0, 0.1) is 3.57 Å². The first-order valence-corrected chi connectivity index (χ1v) is 7.64. The molecule has 0 N–H and O–H groups in total. The zero-order valence-electron chi connectivity index (χ0n) is 10.2. The van der Waals surface area contributed by atoms with E-state index in [4.69, 9.17) is 21.3 Å². The Hall–Kier alpha value is 0.0200. The third kappa shape index (κ3) is 2.64. The minimum Gasteiger partial charge on any atom is -0.368 e. The molecule has 3 rings (SSSR count). The Morgan fingerprint density at radius 3 is 2.83 bits per heavy atom. The monoisotopic (exact) mass is 379 g/mol. The lowest BCUT2D eigenvalue weighted by molar-refractivity contribution is -0.0256. The smallest absolute Gasteiger partial charge is 0.160 e. The van der Waals surface area contributed by atoms with Crippen LogP contribution in [0.1, 0.15) is 36.4 Å². The lowest BCUT2D eigenvalue weighted by Crippen LogP contribution is -2.36.